The van der Waals surface area contributed by atoms with E-state index >= 15 is 0 Å². The van der Waals surface area contributed by atoms with Crippen molar-refractivity contribution in [1.29, 1.82) is 0 Å². The van der Waals surface area contributed by atoms with Gasteiger partial charge in [0.05, 0.1) is 11.7 Å². The quantitative estimate of drug-likeness (QED) is 0.794. The summed E-state index contributed by atoms with van der Waals surface area (Å²) in [7, 11) is 0. The van der Waals surface area contributed by atoms with E-state index in [2.05, 4.69) is 26.1 Å². The highest BCUT2D eigenvalue weighted by molar-refractivity contribution is 4.85. The Morgan fingerprint density at radius 3 is 2.38 bits per heavy atom. The van der Waals surface area contributed by atoms with Crippen LogP contribution in [0, 0.1) is 5.41 Å². The van der Waals surface area contributed by atoms with Crippen LogP contribution < -0.4 is 5.32 Å². The van der Waals surface area contributed by atoms with Gasteiger partial charge in [-0.1, -0.05) is 19.8 Å². The van der Waals surface area contributed by atoms with E-state index in [1.54, 1.807) is 0 Å². The molecule has 1 atom stereocenters. The van der Waals surface area contributed by atoms with Crippen LogP contribution in [0.4, 0.5) is 0 Å². The standard InChI is InChI=1S/C14H27NO/c1-13(2)9-6-12(16-13)10-15-11-14(3)7-4-5-8-14/h12,15H,4-11H2,1-3H3. The second-order valence-electron chi connectivity index (χ2n) is 6.69. The van der Waals surface area contributed by atoms with Crippen molar-refractivity contribution in [1.82, 2.24) is 5.32 Å². The summed E-state index contributed by atoms with van der Waals surface area (Å²) in [6.07, 6.45) is 8.51. The van der Waals surface area contributed by atoms with E-state index in [0.29, 0.717) is 11.5 Å². The molecule has 2 heteroatoms. The predicted octanol–water partition coefficient (Wildman–Crippen LogP) is 3.11. The zero-order chi connectivity index (χ0) is 11.6. The van der Waals surface area contributed by atoms with Crippen molar-refractivity contribution in [2.75, 3.05) is 13.1 Å². The van der Waals surface area contributed by atoms with Crippen LogP contribution in [0.3, 0.4) is 0 Å². The Morgan fingerprint density at radius 2 is 1.81 bits per heavy atom. The maximum atomic E-state index is 5.98. The summed E-state index contributed by atoms with van der Waals surface area (Å²) < 4.78 is 5.98. The first kappa shape index (κ1) is 12.4. The van der Waals surface area contributed by atoms with Crippen LogP contribution in [-0.2, 0) is 4.74 Å². The molecule has 0 spiro atoms. The van der Waals surface area contributed by atoms with Crippen LogP contribution in [0.2, 0.25) is 0 Å². The highest BCUT2D eigenvalue weighted by atomic mass is 16.5. The third-order valence-electron chi connectivity index (χ3n) is 4.29. The predicted molar refractivity (Wildman–Crippen MR) is 67.6 cm³/mol. The van der Waals surface area contributed by atoms with Gasteiger partial charge in [-0.15, -0.1) is 0 Å². The highest BCUT2D eigenvalue weighted by Gasteiger charge is 2.32. The van der Waals surface area contributed by atoms with Crippen molar-refractivity contribution >= 4 is 0 Å². The molecule has 0 aromatic rings. The van der Waals surface area contributed by atoms with Crippen LogP contribution in [0.15, 0.2) is 0 Å². The lowest BCUT2D eigenvalue weighted by atomic mass is 9.89. The molecule has 0 amide bonds. The van der Waals surface area contributed by atoms with E-state index in [4.69, 9.17) is 4.74 Å². The molecular weight excluding hydrogens is 198 g/mol. The van der Waals surface area contributed by atoms with Crippen molar-refractivity contribution in [3.05, 3.63) is 0 Å². The molecule has 94 valence electrons. The summed E-state index contributed by atoms with van der Waals surface area (Å²) in [5.74, 6) is 0. The molecule has 2 fully saturated rings. The summed E-state index contributed by atoms with van der Waals surface area (Å²) in [4.78, 5) is 0. The molecular formula is C14H27NO. The van der Waals surface area contributed by atoms with Gasteiger partial charge in [-0.2, -0.15) is 0 Å². The third kappa shape index (κ3) is 3.21. The molecule has 1 N–H and O–H groups in total. The average molecular weight is 225 g/mol. The number of hydrogen-bond acceptors (Lipinski definition) is 2. The molecule has 2 aliphatic rings. The summed E-state index contributed by atoms with van der Waals surface area (Å²) in [6.45, 7) is 9.04. The van der Waals surface area contributed by atoms with E-state index in [1.807, 2.05) is 0 Å². The zero-order valence-electron chi connectivity index (χ0n) is 11.1. The number of rotatable bonds is 4. The Morgan fingerprint density at radius 1 is 1.12 bits per heavy atom. The first-order chi connectivity index (χ1) is 7.49. The average Bonchev–Trinajstić information content (AvgIpc) is 2.74. The molecule has 0 aromatic heterocycles. The minimum atomic E-state index is 0.115. The largest absolute Gasteiger partial charge is 0.371 e. The van der Waals surface area contributed by atoms with Crippen LogP contribution in [0.1, 0.15) is 59.3 Å². The van der Waals surface area contributed by atoms with Crippen LogP contribution in [-0.4, -0.2) is 24.8 Å². The molecule has 0 aromatic carbocycles. The maximum absolute atomic E-state index is 5.98. The minimum absolute atomic E-state index is 0.115. The number of ether oxygens (including phenoxy) is 1. The van der Waals surface area contributed by atoms with E-state index in [9.17, 15) is 0 Å². The first-order valence-electron chi connectivity index (χ1n) is 6.88. The molecule has 1 saturated heterocycles. The van der Waals surface area contributed by atoms with Crippen molar-refractivity contribution in [3.63, 3.8) is 0 Å². The van der Waals surface area contributed by atoms with E-state index in [0.717, 1.165) is 6.54 Å². The SMILES string of the molecule is CC1(CNCC2CCC(C)(C)O2)CCCC1. The lowest BCUT2D eigenvalue weighted by Crippen LogP contribution is -2.35. The Balaban J connectivity index is 1.65. The van der Waals surface area contributed by atoms with E-state index in [1.165, 1.54) is 45.1 Å². The first-order valence-corrected chi connectivity index (χ1v) is 6.88. The smallest absolute Gasteiger partial charge is 0.0707 e. The van der Waals surface area contributed by atoms with Gasteiger partial charge < -0.3 is 10.1 Å². The molecule has 1 unspecified atom stereocenters. The van der Waals surface area contributed by atoms with E-state index in [-0.39, 0.29) is 5.60 Å². The summed E-state index contributed by atoms with van der Waals surface area (Å²) in [5, 5.41) is 3.62. The van der Waals surface area contributed by atoms with Crippen LogP contribution >= 0.6 is 0 Å². The molecule has 2 nitrogen and oxygen atoms in total. The Labute approximate surface area is 100 Å². The lowest BCUT2D eigenvalue weighted by Gasteiger charge is -2.25. The van der Waals surface area contributed by atoms with Crippen molar-refractivity contribution in [3.8, 4) is 0 Å². The van der Waals surface area contributed by atoms with Crippen molar-refractivity contribution < 1.29 is 4.74 Å². The maximum Gasteiger partial charge on any atom is 0.0707 e. The summed E-state index contributed by atoms with van der Waals surface area (Å²) in [6, 6.07) is 0. The molecule has 1 aliphatic carbocycles. The van der Waals surface area contributed by atoms with Gasteiger partial charge in [0.25, 0.3) is 0 Å². The fourth-order valence-electron chi connectivity index (χ4n) is 3.16. The lowest BCUT2D eigenvalue weighted by molar-refractivity contribution is -0.0148. The zero-order valence-corrected chi connectivity index (χ0v) is 11.1. The van der Waals surface area contributed by atoms with Gasteiger partial charge in [0.1, 0.15) is 0 Å². The van der Waals surface area contributed by atoms with Crippen LogP contribution in [0.5, 0.6) is 0 Å². The molecule has 2 rings (SSSR count). The van der Waals surface area contributed by atoms with Gasteiger partial charge in [0.2, 0.25) is 0 Å². The third-order valence-corrected chi connectivity index (χ3v) is 4.29. The van der Waals surface area contributed by atoms with Crippen molar-refractivity contribution in [2.45, 2.75) is 71.0 Å². The molecule has 16 heavy (non-hydrogen) atoms. The second-order valence-corrected chi connectivity index (χ2v) is 6.69. The van der Waals surface area contributed by atoms with Crippen molar-refractivity contribution in [2.24, 2.45) is 5.41 Å². The second kappa shape index (κ2) is 4.66. The molecule has 1 heterocycles. The topological polar surface area (TPSA) is 21.3 Å². The Kier molecular flexibility index (Phi) is 3.60. The van der Waals surface area contributed by atoms with Gasteiger partial charge in [0, 0.05) is 13.1 Å². The van der Waals surface area contributed by atoms with Gasteiger partial charge in [-0.3, -0.25) is 0 Å². The monoisotopic (exact) mass is 225 g/mol. The number of nitrogens with one attached hydrogen (secondary N) is 1. The van der Waals surface area contributed by atoms with Crippen LogP contribution in [0.25, 0.3) is 0 Å². The van der Waals surface area contributed by atoms with Gasteiger partial charge in [0.15, 0.2) is 0 Å². The van der Waals surface area contributed by atoms with Gasteiger partial charge in [-0.25, -0.2) is 0 Å². The molecule has 0 bridgehead atoms. The Hall–Kier alpha value is -0.0800. The fraction of sp³-hybridized carbons (Fsp3) is 1.00. The normalized spacial score (nSPS) is 32.1. The van der Waals surface area contributed by atoms with E-state index < -0.39 is 0 Å². The highest BCUT2D eigenvalue weighted by Crippen LogP contribution is 2.36. The van der Waals surface area contributed by atoms with Gasteiger partial charge in [-0.05, 0) is 44.9 Å². The minimum Gasteiger partial charge on any atom is -0.371 e. The Bertz CT molecular complexity index is 231. The summed E-state index contributed by atoms with van der Waals surface area (Å²) >= 11 is 0. The number of hydrogen-bond donors (Lipinski definition) is 1. The fourth-order valence-corrected chi connectivity index (χ4v) is 3.16. The molecule has 1 aliphatic heterocycles. The van der Waals surface area contributed by atoms with Gasteiger partial charge >= 0.3 is 0 Å². The molecule has 0 radical (unpaired) electrons. The summed E-state index contributed by atoms with van der Waals surface area (Å²) in [5.41, 5.74) is 0.678. The molecule has 1 saturated carbocycles.